The Morgan fingerprint density at radius 3 is 2.94 bits per heavy atom. The molecule has 5 nitrogen and oxygen atoms in total. The molecule has 0 saturated carbocycles. The van der Waals surface area contributed by atoms with Gasteiger partial charge in [-0.3, -0.25) is 8.98 Å². The second-order valence-electron chi connectivity index (χ2n) is 4.27. The van der Waals surface area contributed by atoms with Crippen LogP contribution < -0.4 is 4.90 Å². The first kappa shape index (κ1) is 13.5. The quantitative estimate of drug-likeness (QED) is 0.607. The summed E-state index contributed by atoms with van der Waals surface area (Å²) in [4.78, 5) is 13.5. The number of thiophene rings is 1. The van der Waals surface area contributed by atoms with E-state index in [1.807, 2.05) is 6.07 Å². The molecule has 1 aromatic rings. The highest BCUT2D eigenvalue weighted by atomic mass is 32.2. The van der Waals surface area contributed by atoms with Gasteiger partial charge in [-0.2, -0.15) is 8.42 Å². The molecule has 1 saturated heterocycles. The summed E-state index contributed by atoms with van der Waals surface area (Å²) in [5, 5.41) is 0.997. The lowest BCUT2D eigenvalue weighted by molar-refractivity contribution is 0.112. The third-order valence-corrected chi connectivity index (χ3v) is 4.48. The molecule has 0 unspecified atom stereocenters. The maximum atomic E-state index is 11.0. The standard InChI is InChI=1S/C11H15NO4S2/c1-18(14,15)16-8-9-3-2-6-12(9)11-5-4-10(7-13)17-11/h4-5,7,9H,2-3,6,8H2,1H3/t9-/m0/s1. The smallest absolute Gasteiger partial charge is 0.264 e. The van der Waals surface area contributed by atoms with Crippen molar-refractivity contribution in [2.45, 2.75) is 18.9 Å². The summed E-state index contributed by atoms with van der Waals surface area (Å²) in [7, 11) is -3.40. The third kappa shape index (κ3) is 3.30. The van der Waals surface area contributed by atoms with E-state index in [1.165, 1.54) is 11.3 Å². The van der Waals surface area contributed by atoms with Gasteiger partial charge in [-0.05, 0) is 25.0 Å². The molecule has 0 N–H and O–H groups in total. The predicted molar refractivity (Wildman–Crippen MR) is 70.9 cm³/mol. The molecule has 2 rings (SSSR count). The molecule has 0 radical (unpaired) electrons. The van der Waals surface area contributed by atoms with E-state index in [9.17, 15) is 13.2 Å². The summed E-state index contributed by atoms with van der Waals surface area (Å²) in [6.45, 7) is 1.05. The second kappa shape index (κ2) is 5.38. The number of rotatable bonds is 5. The number of hydrogen-bond acceptors (Lipinski definition) is 6. The fraction of sp³-hybridized carbons (Fsp3) is 0.545. The van der Waals surface area contributed by atoms with Crippen molar-refractivity contribution in [1.29, 1.82) is 0 Å². The minimum absolute atomic E-state index is 0.0675. The Labute approximate surface area is 110 Å². The minimum atomic E-state index is -3.40. The van der Waals surface area contributed by atoms with E-state index < -0.39 is 10.1 Å². The maximum absolute atomic E-state index is 11.0. The van der Waals surface area contributed by atoms with Gasteiger partial charge in [0.15, 0.2) is 6.29 Å². The van der Waals surface area contributed by atoms with Crippen LogP contribution in [0.2, 0.25) is 0 Å². The van der Waals surface area contributed by atoms with Crippen molar-refractivity contribution in [3.63, 3.8) is 0 Å². The fourth-order valence-corrected chi connectivity index (χ4v) is 3.38. The van der Waals surface area contributed by atoms with Crippen LogP contribution in [0.4, 0.5) is 5.00 Å². The maximum Gasteiger partial charge on any atom is 0.264 e. The Hall–Kier alpha value is -0.920. The number of nitrogens with zero attached hydrogens (tertiary/aromatic N) is 1. The van der Waals surface area contributed by atoms with Crippen LogP contribution in [0, 0.1) is 0 Å². The molecule has 1 aromatic heterocycles. The molecule has 18 heavy (non-hydrogen) atoms. The highest BCUT2D eigenvalue weighted by Gasteiger charge is 2.27. The van der Waals surface area contributed by atoms with Gasteiger partial charge in [0.25, 0.3) is 10.1 Å². The summed E-state index contributed by atoms with van der Waals surface area (Å²) >= 11 is 1.42. The normalized spacial score (nSPS) is 20.3. The van der Waals surface area contributed by atoms with E-state index >= 15 is 0 Å². The molecule has 1 aliphatic heterocycles. The van der Waals surface area contributed by atoms with Crippen LogP contribution in [-0.2, 0) is 14.3 Å². The van der Waals surface area contributed by atoms with Crippen molar-refractivity contribution in [2.75, 3.05) is 24.3 Å². The van der Waals surface area contributed by atoms with Crippen LogP contribution in [0.25, 0.3) is 0 Å². The van der Waals surface area contributed by atoms with E-state index in [1.54, 1.807) is 6.07 Å². The summed E-state index contributed by atoms with van der Waals surface area (Å²) in [6.07, 6.45) is 3.80. The Balaban J connectivity index is 2.05. The lowest BCUT2D eigenvalue weighted by Gasteiger charge is -2.24. The van der Waals surface area contributed by atoms with E-state index in [2.05, 4.69) is 4.90 Å². The number of anilines is 1. The average Bonchev–Trinajstić information content (AvgIpc) is 2.93. The number of aldehydes is 1. The van der Waals surface area contributed by atoms with Crippen molar-refractivity contribution in [3.8, 4) is 0 Å². The first-order chi connectivity index (χ1) is 8.49. The number of carbonyl (C=O) groups is 1. The van der Waals surface area contributed by atoms with E-state index in [-0.39, 0.29) is 12.6 Å². The molecular formula is C11H15NO4S2. The Bertz CT molecular complexity index is 523. The molecule has 0 aliphatic carbocycles. The SMILES string of the molecule is CS(=O)(=O)OC[C@@H]1CCCN1c1ccc(C=O)s1. The van der Waals surface area contributed by atoms with Crippen molar-refractivity contribution in [1.82, 2.24) is 0 Å². The Morgan fingerprint density at radius 2 is 2.33 bits per heavy atom. The summed E-state index contributed by atoms with van der Waals surface area (Å²) in [5.74, 6) is 0. The van der Waals surface area contributed by atoms with Crippen LogP contribution in [-0.4, -0.2) is 40.2 Å². The van der Waals surface area contributed by atoms with Gasteiger partial charge in [-0.25, -0.2) is 0 Å². The molecule has 0 amide bonds. The number of hydrogen-bond donors (Lipinski definition) is 0. The zero-order valence-electron chi connectivity index (χ0n) is 10.0. The van der Waals surface area contributed by atoms with Gasteiger partial charge >= 0.3 is 0 Å². The van der Waals surface area contributed by atoms with Crippen LogP contribution >= 0.6 is 11.3 Å². The van der Waals surface area contributed by atoms with E-state index in [0.29, 0.717) is 4.88 Å². The van der Waals surface area contributed by atoms with Gasteiger partial charge in [0.05, 0.1) is 28.8 Å². The molecule has 1 atom stereocenters. The molecule has 0 bridgehead atoms. The lowest BCUT2D eigenvalue weighted by Crippen LogP contribution is -2.33. The Morgan fingerprint density at radius 1 is 1.56 bits per heavy atom. The van der Waals surface area contributed by atoms with Gasteiger partial charge in [0.2, 0.25) is 0 Å². The predicted octanol–water partition coefficient (Wildman–Crippen LogP) is 1.51. The highest BCUT2D eigenvalue weighted by Crippen LogP contribution is 2.31. The van der Waals surface area contributed by atoms with Crippen LogP contribution in [0.5, 0.6) is 0 Å². The molecule has 0 spiro atoms. The van der Waals surface area contributed by atoms with Gasteiger partial charge in [-0.15, -0.1) is 11.3 Å². The minimum Gasteiger partial charge on any atom is -0.358 e. The molecule has 100 valence electrons. The van der Waals surface area contributed by atoms with Crippen LogP contribution in [0.3, 0.4) is 0 Å². The summed E-state index contributed by atoms with van der Waals surface area (Å²) < 4.78 is 26.9. The molecule has 2 heterocycles. The third-order valence-electron chi connectivity index (χ3n) is 2.86. The zero-order valence-corrected chi connectivity index (χ0v) is 11.7. The fourth-order valence-electron chi connectivity index (χ4n) is 2.06. The molecular weight excluding hydrogens is 274 g/mol. The second-order valence-corrected chi connectivity index (χ2v) is 7.01. The molecule has 7 heteroatoms. The van der Waals surface area contributed by atoms with Crippen LogP contribution in [0.1, 0.15) is 22.5 Å². The van der Waals surface area contributed by atoms with Crippen molar-refractivity contribution >= 4 is 32.7 Å². The van der Waals surface area contributed by atoms with Gasteiger partial charge in [0.1, 0.15) is 0 Å². The summed E-state index contributed by atoms with van der Waals surface area (Å²) in [5.41, 5.74) is 0. The topological polar surface area (TPSA) is 63.7 Å². The monoisotopic (exact) mass is 289 g/mol. The molecule has 0 aromatic carbocycles. The summed E-state index contributed by atoms with van der Waals surface area (Å²) in [6, 6.07) is 3.74. The van der Waals surface area contributed by atoms with E-state index in [4.69, 9.17) is 4.18 Å². The number of carbonyl (C=O) groups excluding carboxylic acids is 1. The highest BCUT2D eigenvalue weighted by molar-refractivity contribution is 7.85. The van der Waals surface area contributed by atoms with Crippen molar-refractivity contribution in [2.24, 2.45) is 0 Å². The molecule has 1 fully saturated rings. The largest absolute Gasteiger partial charge is 0.358 e. The Kier molecular flexibility index (Phi) is 4.04. The van der Waals surface area contributed by atoms with Crippen LogP contribution in [0.15, 0.2) is 12.1 Å². The average molecular weight is 289 g/mol. The van der Waals surface area contributed by atoms with E-state index in [0.717, 1.165) is 36.9 Å². The van der Waals surface area contributed by atoms with Gasteiger partial charge in [0, 0.05) is 6.54 Å². The molecule has 1 aliphatic rings. The zero-order chi connectivity index (χ0) is 13.2. The van der Waals surface area contributed by atoms with Crippen molar-refractivity contribution in [3.05, 3.63) is 17.0 Å². The van der Waals surface area contributed by atoms with Crippen molar-refractivity contribution < 1.29 is 17.4 Å². The first-order valence-electron chi connectivity index (χ1n) is 5.65. The van der Waals surface area contributed by atoms with Gasteiger partial charge in [-0.1, -0.05) is 0 Å². The van der Waals surface area contributed by atoms with Gasteiger partial charge < -0.3 is 4.90 Å². The first-order valence-corrected chi connectivity index (χ1v) is 8.29. The lowest BCUT2D eigenvalue weighted by atomic mass is 10.2.